The lowest BCUT2D eigenvalue weighted by Gasteiger charge is -2.36. The van der Waals surface area contributed by atoms with Gasteiger partial charge in [0.25, 0.3) is 12.3 Å². The van der Waals surface area contributed by atoms with Crippen molar-refractivity contribution in [2.75, 3.05) is 37.6 Å². The second kappa shape index (κ2) is 17.8. The normalized spacial score (nSPS) is 26.2. The van der Waals surface area contributed by atoms with Crippen LogP contribution in [0.4, 0.5) is 14.5 Å². The summed E-state index contributed by atoms with van der Waals surface area (Å²) in [6.07, 6.45) is 6.73. The van der Waals surface area contributed by atoms with Crippen LogP contribution in [-0.4, -0.2) is 110 Å². The maximum Gasteiger partial charge on any atom is 0.329 e. The van der Waals surface area contributed by atoms with Crippen molar-refractivity contribution in [3.63, 3.8) is 0 Å². The number of hydrogen-bond acceptors (Lipinski definition) is 10. The number of amides is 3. The number of aliphatic imine (C=N–C) groups is 2. The topological polar surface area (TPSA) is 160 Å². The number of halogens is 2. The maximum atomic E-state index is 14.3. The molecule has 3 amide bonds. The molecule has 9 rings (SSSR count). The molecule has 1 saturated carbocycles. The number of imide groups is 1. The Hall–Kier alpha value is -5.73. The van der Waals surface area contributed by atoms with Gasteiger partial charge in [0.2, 0.25) is 11.8 Å². The number of amidine groups is 1. The summed E-state index contributed by atoms with van der Waals surface area (Å²) in [4.78, 5) is 64.9. The molecule has 4 aromatic rings. The van der Waals surface area contributed by atoms with E-state index in [2.05, 4.69) is 47.4 Å². The standard InChI is InChI=1S/C46H54F2N10O5/c1-27-24-56(25-28(2)63-27)33-18-21-57-37(22-33)34(23-49-57)44(60)53-43-39(41(47)48)51-42(52-43)32-12-10-30(11-13-32)26-55-19-16-29(17-20-55)6-4-7-31-8-5-9-35-40(31)54(3)46(62)58(35)36-14-15-38(59)50-45(36)61/h5,8-9,18,21-23,27-30,32,36,41-42H,6,10-17,19-20,24-26H2,1-3H3,(H,50,59,61)(H,52,53,60)/t27-,28+,30?,32?,36?,42?. The molecule has 15 nitrogen and oxygen atoms in total. The van der Waals surface area contributed by atoms with Crippen LogP contribution in [0.15, 0.2) is 57.5 Å². The number of piperidine rings is 2. The van der Waals surface area contributed by atoms with Gasteiger partial charge in [0.15, 0.2) is 5.84 Å². The molecule has 0 bridgehead atoms. The van der Waals surface area contributed by atoms with Crippen LogP contribution in [0.2, 0.25) is 0 Å². The van der Waals surface area contributed by atoms with Gasteiger partial charge in [0.05, 0.1) is 46.1 Å². The fraction of sp³-hybridized carbons (Fsp3) is 0.543. The number of anilines is 1. The van der Waals surface area contributed by atoms with Crippen molar-refractivity contribution in [3.05, 3.63) is 64.3 Å². The smallest absolute Gasteiger partial charge is 0.329 e. The van der Waals surface area contributed by atoms with Crippen molar-refractivity contribution < 1.29 is 27.9 Å². The van der Waals surface area contributed by atoms with E-state index in [0.717, 1.165) is 75.8 Å². The summed E-state index contributed by atoms with van der Waals surface area (Å²) in [5, 5.41) is 9.36. The summed E-state index contributed by atoms with van der Waals surface area (Å²) in [6.45, 7) is 8.45. The summed E-state index contributed by atoms with van der Waals surface area (Å²) in [5.74, 6) is 6.18. The molecular formula is C46H54F2N10O5. The molecule has 0 radical (unpaired) electrons. The van der Waals surface area contributed by atoms with E-state index in [1.807, 2.05) is 44.2 Å². The van der Waals surface area contributed by atoms with Crippen LogP contribution in [-0.2, 0) is 21.4 Å². The Kier molecular flexibility index (Phi) is 12.0. The van der Waals surface area contributed by atoms with Crippen molar-refractivity contribution in [2.45, 2.75) is 102 Å². The lowest BCUT2D eigenvalue weighted by molar-refractivity contribution is -0.135. The molecule has 7 heterocycles. The minimum Gasteiger partial charge on any atom is -0.372 e. The average Bonchev–Trinajstić information content (AvgIpc) is 3.96. The summed E-state index contributed by atoms with van der Waals surface area (Å²) < 4.78 is 39.1. The number of rotatable bonds is 8. The van der Waals surface area contributed by atoms with E-state index < -0.39 is 36.2 Å². The largest absolute Gasteiger partial charge is 0.372 e. The predicted molar refractivity (Wildman–Crippen MR) is 234 cm³/mol. The summed E-state index contributed by atoms with van der Waals surface area (Å²) in [5.41, 5.74) is 3.03. The van der Waals surface area contributed by atoms with E-state index in [4.69, 9.17) is 4.74 Å². The fourth-order valence-corrected chi connectivity index (χ4v) is 10.3. The molecule has 3 aromatic heterocycles. The summed E-state index contributed by atoms with van der Waals surface area (Å²) >= 11 is 0. The number of likely N-dealkylation sites (tertiary alicyclic amines) is 1. The third kappa shape index (κ3) is 8.80. The minimum atomic E-state index is -2.87. The number of fused-ring (bicyclic) bond motifs is 2. The number of carbonyl (C=O) groups is 3. The van der Waals surface area contributed by atoms with Crippen LogP contribution in [0.3, 0.4) is 0 Å². The van der Waals surface area contributed by atoms with Crippen molar-refractivity contribution in [1.29, 1.82) is 0 Å². The van der Waals surface area contributed by atoms with Crippen molar-refractivity contribution in [3.8, 4) is 11.8 Å². The Bertz CT molecular complexity index is 2590. The van der Waals surface area contributed by atoms with Crippen LogP contribution in [0.5, 0.6) is 0 Å². The third-order valence-corrected chi connectivity index (χ3v) is 13.5. The van der Waals surface area contributed by atoms with Crippen molar-refractivity contribution >= 4 is 51.5 Å². The number of ether oxygens (including phenoxy) is 1. The molecular weight excluding hydrogens is 811 g/mol. The first-order valence-corrected chi connectivity index (χ1v) is 22.3. The number of para-hydroxylation sites is 1. The Morgan fingerprint density at radius 2 is 1.73 bits per heavy atom. The number of aryl methyl sites for hydroxylation is 1. The molecule has 2 unspecified atom stereocenters. The van der Waals surface area contributed by atoms with Crippen LogP contribution in [0.1, 0.15) is 93.6 Å². The number of hydrogen-bond donors (Lipinski definition) is 2. The lowest BCUT2D eigenvalue weighted by Crippen LogP contribution is -2.45. The predicted octanol–water partition coefficient (Wildman–Crippen LogP) is 4.71. The van der Waals surface area contributed by atoms with Gasteiger partial charge in [0, 0.05) is 57.3 Å². The van der Waals surface area contributed by atoms with Gasteiger partial charge in [-0.1, -0.05) is 17.9 Å². The van der Waals surface area contributed by atoms with Gasteiger partial charge in [-0.05, 0) is 108 Å². The molecule has 4 fully saturated rings. The molecule has 1 aliphatic carbocycles. The highest BCUT2D eigenvalue weighted by Gasteiger charge is 2.37. The van der Waals surface area contributed by atoms with Gasteiger partial charge in [-0.25, -0.2) is 23.1 Å². The Labute approximate surface area is 363 Å². The van der Waals surface area contributed by atoms with Crippen LogP contribution in [0.25, 0.3) is 16.6 Å². The van der Waals surface area contributed by atoms with E-state index in [1.54, 1.807) is 17.8 Å². The summed E-state index contributed by atoms with van der Waals surface area (Å²) in [6, 6.07) is 8.66. The summed E-state index contributed by atoms with van der Waals surface area (Å²) in [7, 11) is 1.69. The fourth-order valence-electron chi connectivity index (χ4n) is 10.3. The van der Waals surface area contributed by atoms with E-state index in [9.17, 15) is 28.0 Å². The molecule has 5 aliphatic rings. The number of nitrogens with one attached hydrogen (secondary N) is 2. The highest BCUT2D eigenvalue weighted by Crippen LogP contribution is 2.36. The Morgan fingerprint density at radius 3 is 2.46 bits per heavy atom. The van der Waals surface area contributed by atoms with Crippen LogP contribution >= 0.6 is 0 Å². The molecule has 3 saturated heterocycles. The molecule has 4 atom stereocenters. The zero-order chi connectivity index (χ0) is 43.9. The first-order chi connectivity index (χ1) is 30.4. The monoisotopic (exact) mass is 864 g/mol. The Morgan fingerprint density at radius 1 is 0.968 bits per heavy atom. The van der Waals surface area contributed by atoms with E-state index in [-0.39, 0.29) is 54.0 Å². The number of imidazole rings is 1. The van der Waals surface area contributed by atoms with E-state index >= 15 is 0 Å². The number of aromatic nitrogens is 4. The van der Waals surface area contributed by atoms with Crippen molar-refractivity contribution in [2.24, 2.45) is 34.8 Å². The first kappa shape index (κ1) is 42.6. The highest BCUT2D eigenvalue weighted by molar-refractivity contribution is 6.46. The maximum absolute atomic E-state index is 14.3. The number of morpholine rings is 1. The number of carbonyl (C=O) groups excluding carboxylic acids is 3. The quantitative estimate of drug-likeness (QED) is 0.190. The van der Waals surface area contributed by atoms with Gasteiger partial charge in [0.1, 0.15) is 17.9 Å². The zero-order valence-corrected chi connectivity index (χ0v) is 35.9. The van der Waals surface area contributed by atoms with Crippen LogP contribution in [0, 0.1) is 29.6 Å². The number of benzene rings is 1. The van der Waals surface area contributed by atoms with Gasteiger partial charge in [-0.2, -0.15) is 5.10 Å². The SMILES string of the molecule is C[C@@H]1CN(c2ccn3ncc(C(=O)NC4=NC(C5CCC(CN6CCC(CC#Cc7cccc8c7n(C)c(=O)n8C7CCC(=O)NC7=O)CC6)CC5)N=C4C(F)F)c3c2)C[C@H](C)O1. The number of pyridine rings is 1. The van der Waals surface area contributed by atoms with Gasteiger partial charge >= 0.3 is 5.69 Å². The van der Waals surface area contributed by atoms with Crippen molar-refractivity contribution in [1.82, 2.24) is 34.3 Å². The van der Waals surface area contributed by atoms with Crippen LogP contribution < -0.4 is 21.2 Å². The lowest BCUT2D eigenvalue weighted by atomic mass is 9.80. The van der Waals surface area contributed by atoms with Gasteiger partial charge < -0.3 is 19.9 Å². The average molecular weight is 865 g/mol. The molecule has 332 valence electrons. The van der Waals surface area contributed by atoms with E-state index in [0.29, 0.717) is 41.5 Å². The highest BCUT2D eigenvalue weighted by atomic mass is 19.3. The van der Waals surface area contributed by atoms with E-state index in [1.165, 1.54) is 15.3 Å². The molecule has 17 heteroatoms. The zero-order valence-electron chi connectivity index (χ0n) is 35.9. The molecule has 4 aliphatic heterocycles. The second-order valence-electron chi connectivity index (χ2n) is 18.0. The molecule has 1 aromatic carbocycles. The first-order valence-electron chi connectivity index (χ1n) is 22.3. The minimum absolute atomic E-state index is 0.0239. The van der Waals surface area contributed by atoms with Gasteiger partial charge in [-0.15, -0.1) is 0 Å². The second-order valence-corrected chi connectivity index (χ2v) is 18.0. The molecule has 2 N–H and O–H groups in total. The Balaban J connectivity index is 0.763. The van der Waals surface area contributed by atoms with Gasteiger partial charge in [-0.3, -0.25) is 33.8 Å². The molecule has 63 heavy (non-hydrogen) atoms. The molecule has 0 spiro atoms. The number of alkyl halides is 2. The third-order valence-electron chi connectivity index (χ3n) is 13.5. The number of nitrogens with zero attached hydrogens (tertiary/aromatic N) is 8.